The second-order valence-corrected chi connectivity index (χ2v) is 9.14. The standard InChI is InChI=1S/C22H26N4O3S/c1-17(2)25-30(28,29)16-20-9-7-6-8-19(20)14-23-22(27)12-18-13-24-26(15-18)21-10-4-3-5-11-21/h3-11,13,15,17,25H,12,14,16H2,1-2H3,(H,23,27). The molecule has 158 valence electrons. The number of sulfonamides is 1. The largest absolute Gasteiger partial charge is 0.352 e. The van der Waals surface area contributed by atoms with Crippen molar-refractivity contribution < 1.29 is 13.2 Å². The summed E-state index contributed by atoms with van der Waals surface area (Å²) in [6, 6.07) is 16.7. The first-order valence-electron chi connectivity index (χ1n) is 9.75. The molecule has 0 unspecified atom stereocenters. The maximum atomic E-state index is 12.4. The number of nitrogens with zero attached hydrogens (tertiary/aromatic N) is 2. The summed E-state index contributed by atoms with van der Waals surface area (Å²) in [4.78, 5) is 12.4. The van der Waals surface area contributed by atoms with E-state index < -0.39 is 10.0 Å². The number of carbonyl (C=O) groups excluding carboxylic acids is 1. The van der Waals surface area contributed by atoms with E-state index in [0.717, 1.165) is 16.8 Å². The quantitative estimate of drug-likeness (QED) is 0.550. The van der Waals surface area contributed by atoms with Crippen LogP contribution in [0.5, 0.6) is 0 Å². The fraction of sp³-hybridized carbons (Fsp3) is 0.273. The van der Waals surface area contributed by atoms with Crippen molar-refractivity contribution in [3.05, 3.63) is 83.7 Å². The van der Waals surface area contributed by atoms with Gasteiger partial charge in [-0.3, -0.25) is 4.79 Å². The Labute approximate surface area is 177 Å². The van der Waals surface area contributed by atoms with Crippen LogP contribution in [-0.4, -0.2) is 30.1 Å². The first kappa shape index (κ1) is 21.7. The van der Waals surface area contributed by atoms with Gasteiger partial charge in [0.15, 0.2) is 0 Å². The summed E-state index contributed by atoms with van der Waals surface area (Å²) >= 11 is 0. The second-order valence-electron chi connectivity index (χ2n) is 7.38. The number of hydrogen-bond donors (Lipinski definition) is 2. The Morgan fingerprint density at radius 3 is 2.40 bits per heavy atom. The van der Waals surface area contributed by atoms with Gasteiger partial charge in [-0.05, 0) is 42.7 Å². The Morgan fingerprint density at radius 1 is 1.03 bits per heavy atom. The van der Waals surface area contributed by atoms with Crippen LogP contribution in [0.4, 0.5) is 0 Å². The van der Waals surface area contributed by atoms with Crippen molar-refractivity contribution in [2.24, 2.45) is 0 Å². The van der Waals surface area contributed by atoms with E-state index in [1.807, 2.05) is 48.7 Å². The van der Waals surface area contributed by atoms with E-state index in [2.05, 4.69) is 15.1 Å². The zero-order valence-electron chi connectivity index (χ0n) is 17.1. The van der Waals surface area contributed by atoms with Crippen LogP contribution in [0.3, 0.4) is 0 Å². The van der Waals surface area contributed by atoms with E-state index in [1.54, 1.807) is 36.9 Å². The number of para-hydroxylation sites is 1. The fourth-order valence-electron chi connectivity index (χ4n) is 3.09. The van der Waals surface area contributed by atoms with Gasteiger partial charge in [0.05, 0.1) is 24.1 Å². The van der Waals surface area contributed by atoms with Gasteiger partial charge in [-0.25, -0.2) is 17.8 Å². The molecule has 3 aromatic rings. The van der Waals surface area contributed by atoms with Crippen LogP contribution in [-0.2, 0) is 33.5 Å². The SMILES string of the molecule is CC(C)NS(=O)(=O)Cc1ccccc1CNC(=O)Cc1cnn(-c2ccccc2)c1. The summed E-state index contributed by atoms with van der Waals surface area (Å²) < 4.78 is 28.8. The van der Waals surface area contributed by atoms with E-state index in [9.17, 15) is 13.2 Å². The molecule has 30 heavy (non-hydrogen) atoms. The number of carbonyl (C=O) groups is 1. The zero-order valence-corrected chi connectivity index (χ0v) is 17.9. The Kier molecular flexibility index (Phi) is 7.02. The number of rotatable bonds is 9. The summed E-state index contributed by atoms with van der Waals surface area (Å²) in [7, 11) is -3.44. The first-order valence-corrected chi connectivity index (χ1v) is 11.4. The topological polar surface area (TPSA) is 93.1 Å². The monoisotopic (exact) mass is 426 g/mol. The fourth-order valence-corrected chi connectivity index (χ4v) is 4.58. The number of amides is 1. The van der Waals surface area contributed by atoms with E-state index in [4.69, 9.17) is 0 Å². The van der Waals surface area contributed by atoms with Crippen LogP contribution in [0.2, 0.25) is 0 Å². The van der Waals surface area contributed by atoms with Gasteiger partial charge in [0.2, 0.25) is 15.9 Å². The Bertz CT molecular complexity index is 1090. The number of aromatic nitrogens is 2. The lowest BCUT2D eigenvalue weighted by atomic mass is 10.1. The van der Waals surface area contributed by atoms with Crippen LogP contribution in [0.25, 0.3) is 5.69 Å². The summed E-state index contributed by atoms with van der Waals surface area (Å²) in [5.74, 6) is -0.276. The molecule has 2 N–H and O–H groups in total. The van der Waals surface area contributed by atoms with Gasteiger partial charge in [0.1, 0.15) is 0 Å². The highest BCUT2D eigenvalue weighted by atomic mass is 32.2. The molecule has 2 aromatic carbocycles. The molecule has 3 rings (SSSR count). The third kappa shape index (κ3) is 6.27. The first-order chi connectivity index (χ1) is 14.3. The molecule has 0 radical (unpaired) electrons. The van der Waals surface area contributed by atoms with E-state index in [-0.39, 0.29) is 30.7 Å². The average Bonchev–Trinajstić information content (AvgIpc) is 3.15. The van der Waals surface area contributed by atoms with Crippen LogP contribution in [0.1, 0.15) is 30.5 Å². The van der Waals surface area contributed by atoms with Gasteiger partial charge in [0, 0.05) is 18.8 Å². The minimum absolute atomic E-state index is 0.124. The predicted molar refractivity (Wildman–Crippen MR) is 116 cm³/mol. The van der Waals surface area contributed by atoms with E-state index in [0.29, 0.717) is 5.56 Å². The molecule has 0 fully saturated rings. The average molecular weight is 427 g/mol. The molecule has 0 saturated heterocycles. The van der Waals surface area contributed by atoms with Crippen LogP contribution in [0, 0.1) is 0 Å². The molecule has 1 heterocycles. The van der Waals surface area contributed by atoms with Crippen molar-refractivity contribution in [3.63, 3.8) is 0 Å². The molecule has 0 aliphatic carbocycles. The van der Waals surface area contributed by atoms with Crippen LogP contribution in [0.15, 0.2) is 67.0 Å². The van der Waals surface area contributed by atoms with Gasteiger partial charge in [0.25, 0.3) is 0 Å². The van der Waals surface area contributed by atoms with Crippen LogP contribution >= 0.6 is 0 Å². The normalized spacial score (nSPS) is 11.6. The number of hydrogen-bond acceptors (Lipinski definition) is 4. The van der Waals surface area contributed by atoms with Crippen molar-refractivity contribution in [2.75, 3.05) is 0 Å². The van der Waals surface area contributed by atoms with Gasteiger partial charge in [-0.1, -0.05) is 42.5 Å². The molecule has 0 saturated carbocycles. The number of nitrogens with one attached hydrogen (secondary N) is 2. The van der Waals surface area contributed by atoms with E-state index in [1.165, 1.54) is 0 Å². The molecular weight excluding hydrogens is 400 g/mol. The molecule has 0 bridgehead atoms. The molecule has 1 amide bonds. The van der Waals surface area contributed by atoms with Gasteiger partial charge in [-0.15, -0.1) is 0 Å². The van der Waals surface area contributed by atoms with Crippen molar-refractivity contribution in [1.82, 2.24) is 19.8 Å². The van der Waals surface area contributed by atoms with Gasteiger partial charge < -0.3 is 5.32 Å². The minimum atomic E-state index is -3.44. The van der Waals surface area contributed by atoms with Crippen molar-refractivity contribution >= 4 is 15.9 Å². The highest BCUT2D eigenvalue weighted by molar-refractivity contribution is 7.88. The molecular formula is C22H26N4O3S. The minimum Gasteiger partial charge on any atom is -0.352 e. The maximum absolute atomic E-state index is 12.4. The Balaban J connectivity index is 1.60. The molecule has 7 nitrogen and oxygen atoms in total. The molecule has 1 aromatic heterocycles. The highest BCUT2D eigenvalue weighted by Gasteiger charge is 2.16. The Morgan fingerprint density at radius 2 is 1.70 bits per heavy atom. The maximum Gasteiger partial charge on any atom is 0.224 e. The highest BCUT2D eigenvalue weighted by Crippen LogP contribution is 2.13. The third-order valence-corrected chi connectivity index (χ3v) is 5.90. The van der Waals surface area contributed by atoms with Crippen molar-refractivity contribution in [3.8, 4) is 5.69 Å². The lowest BCUT2D eigenvalue weighted by molar-refractivity contribution is -0.120. The molecule has 0 atom stereocenters. The summed E-state index contributed by atoms with van der Waals surface area (Å²) in [6.07, 6.45) is 3.69. The van der Waals surface area contributed by atoms with Gasteiger partial charge >= 0.3 is 0 Å². The smallest absolute Gasteiger partial charge is 0.224 e. The zero-order chi connectivity index (χ0) is 21.6. The number of benzene rings is 2. The van der Waals surface area contributed by atoms with Crippen molar-refractivity contribution in [2.45, 2.75) is 38.6 Å². The predicted octanol–water partition coefficient (Wildman–Crippen LogP) is 2.56. The van der Waals surface area contributed by atoms with Crippen molar-refractivity contribution in [1.29, 1.82) is 0 Å². The molecule has 0 spiro atoms. The third-order valence-electron chi connectivity index (χ3n) is 4.38. The summed E-state index contributed by atoms with van der Waals surface area (Å²) in [5, 5.41) is 7.17. The van der Waals surface area contributed by atoms with Crippen LogP contribution < -0.4 is 10.0 Å². The second kappa shape index (κ2) is 9.69. The Hall–Kier alpha value is -2.97. The molecule has 0 aliphatic heterocycles. The lowest BCUT2D eigenvalue weighted by Gasteiger charge is -2.13. The molecule has 0 aliphatic rings. The van der Waals surface area contributed by atoms with Gasteiger partial charge in [-0.2, -0.15) is 5.10 Å². The summed E-state index contributed by atoms with van der Waals surface area (Å²) in [5.41, 5.74) is 3.17. The van der Waals surface area contributed by atoms with E-state index >= 15 is 0 Å². The summed E-state index contributed by atoms with van der Waals surface area (Å²) in [6.45, 7) is 3.83. The molecule has 8 heteroatoms. The lowest BCUT2D eigenvalue weighted by Crippen LogP contribution is -2.32.